The van der Waals surface area contributed by atoms with Crippen LogP contribution >= 0.6 is 0 Å². The fraction of sp³-hybridized carbons (Fsp3) is 0.167. The minimum atomic E-state index is 0.646. The van der Waals surface area contributed by atoms with Gasteiger partial charge in [0.05, 0.1) is 0 Å². The zero-order valence-corrected chi connectivity index (χ0v) is 8.68. The van der Waals surface area contributed by atoms with Crippen LogP contribution in [0.4, 0.5) is 0 Å². The summed E-state index contributed by atoms with van der Waals surface area (Å²) in [7, 11) is 0. The van der Waals surface area contributed by atoms with Gasteiger partial charge < -0.3 is 4.84 Å². The maximum Gasteiger partial charge on any atom is 0.149 e. The number of rotatable bonds is 3. The topological polar surface area (TPSA) is 38.5 Å². The fourth-order valence-electron chi connectivity index (χ4n) is 1.42. The molecule has 0 saturated heterocycles. The second-order valence-electron chi connectivity index (χ2n) is 3.33. The molecule has 2 aromatic rings. The predicted octanol–water partition coefficient (Wildman–Crippen LogP) is 2.33. The highest BCUT2D eigenvalue weighted by molar-refractivity contribution is 5.83. The summed E-state index contributed by atoms with van der Waals surface area (Å²) in [6.07, 6.45) is 0. The summed E-state index contributed by atoms with van der Waals surface area (Å²) in [5.41, 5.74) is 0. The Labute approximate surface area is 89.0 Å². The van der Waals surface area contributed by atoms with Gasteiger partial charge in [0.2, 0.25) is 0 Å². The number of fused-ring (bicyclic) bond motifs is 1. The number of hydroxylamine groups is 1. The van der Waals surface area contributed by atoms with E-state index in [1.54, 1.807) is 0 Å². The highest BCUT2D eigenvalue weighted by Gasteiger charge is 1.99. The van der Waals surface area contributed by atoms with E-state index in [2.05, 4.69) is 12.1 Å². The van der Waals surface area contributed by atoms with Crippen LogP contribution in [0.25, 0.3) is 10.8 Å². The van der Waals surface area contributed by atoms with Gasteiger partial charge in [-0.15, -0.1) is 0 Å². The molecule has 2 aromatic carbocycles. The van der Waals surface area contributed by atoms with Gasteiger partial charge in [0, 0.05) is 6.54 Å². The van der Waals surface area contributed by atoms with Crippen LogP contribution in [0.3, 0.4) is 0 Å². The number of hydrazine groups is 1. The molecule has 0 atom stereocenters. The molecule has 15 heavy (non-hydrogen) atoms. The van der Waals surface area contributed by atoms with Crippen molar-refractivity contribution in [2.24, 2.45) is 5.84 Å². The fourth-order valence-corrected chi connectivity index (χ4v) is 1.42. The first-order valence-electron chi connectivity index (χ1n) is 4.98. The van der Waals surface area contributed by atoms with Crippen LogP contribution in [-0.2, 0) is 0 Å². The number of nitrogens with two attached hydrogens (primary N) is 1. The molecule has 0 aliphatic carbocycles. The second-order valence-corrected chi connectivity index (χ2v) is 3.33. The lowest BCUT2D eigenvalue weighted by Gasteiger charge is -2.14. The van der Waals surface area contributed by atoms with Crippen molar-refractivity contribution < 1.29 is 4.84 Å². The maximum absolute atomic E-state index is 5.56. The van der Waals surface area contributed by atoms with Gasteiger partial charge in [0.1, 0.15) is 5.75 Å². The SMILES string of the molecule is CCN(N)Oc1ccc2ccccc2c1. The van der Waals surface area contributed by atoms with Crippen LogP contribution in [0.15, 0.2) is 42.5 Å². The predicted molar refractivity (Wildman–Crippen MR) is 61.1 cm³/mol. The van der Waals surface area contributed by atoms with E-state index in [9.17, 15) is 0 Å². The molecular weight excluding hydrogens is 188 g/mol. The summed E-state index contributed by atoms with van der Waals surface area (Å²) in [6, 6.07) is 14.1. The summed E-state index contributed by atoms with van der Waals surface area (Å²) in [5.74, 6) is 6.32. The molecule has 3 nitrogen and oxygen atoms in total. The van der Waals surface area contributed by atoms with Crippen molar-refractivity contribution in [2.45, 2.75) is 6.92 Å². The molecule has 0 fully saturated rings. The van der Waals surface area contributed by atoms with Crippen molar-refractivity contribution in [3.63, 3.8) is 0 Å². The Morgan fingerprint density at radius 3 is 2.60 bits per heavy atom. The van der Waals surface area contributed by atoms with Crippen molar-refractivity contribution in [3.05, 3.63) is 42.5 Å². The van der Waals surface area contributed by atoms with E-state index in [1.807, 2.05) is 37.3 Å². The molecule has 0 spiro atoms. The van der Waals surface area contributed by atoms with E-state index in [4.69, 9.17) is 10.7 Å². The second kappa shape index (κ2) is 4.29. The zero-order chi connectivity index (χ0) is 10.7. The van der Waals surface area contributed by atoms with Crippen molar-refractivity contribution in [1.82, 2.24) is 5.17 Å². The standard InChI is InChI=1S/C12H14N2O/c1-2-14(13)15-12-8-7-10-5-3-4-6-11(10)9-12/h3-9H,2,13H2,1H3. The van der Waals surface area contributed by atoms with Gasteiger partial charge in [0.15, 0.2) is 0 Å². The average molecular weight is 202 g/mol. The summed E-state index contributed by atoms with van der Waals surface area (Å²) in [5, 5.41) is 3.66. The lowest BCUT2D eigenvalue weighted by atomic mass is 10.1. The minimum absolute atomic E-state index is 0.646. The van der Waals surface area contributed by atoms with Gasteiger partial charge in [-0.05, 0) is 29.8 Å². The number of hydrogen-bond acceptors (Lipinski definition) is 3. The highest BCUT2D eigenvalue weighted by atomic mass is 16.7. The van der Waals surface area contributed by atoms with Crippen molar-refractivity contribution in [1.29, 1.82) is 0 Å². The van der Waals surface area contributed by atoms with Crippen molar-refractivity contribution in [2.75, 3.05) is 6.54 Å². The monoisotopic (exact) mass is 202 g/mol. The molecule has 0 heterocycles. The van der Waals surface area contributed by atoms with Crippen molar-refractivity contribution in [3.8, 4) is 5.75 Å². The van der Waals surface area contributed by atoms with E-state index >= 15 is 0 Å². The van der Waals surface area contributed by atoms with Gasteiger partial charge in [-0.25, -0.2) is 5.84 Å². The Hall–Kier alpha value is -1.58. The first kappa shape index (κ1) is 9.96. The first-order chi connectivity index (χ1) is 7.29. The van der Waals surface area contributed by atoms with E-state index in [1.165, 1.54) is 10.6 Å². The van der Waals surface area contributed by atoms with Crippen LogP contribution in [0.1, 0.15) is 6.92 Å². The zero-order valence-electron chi connectivity index (χ0n) is 8.68. The maximum atomic E-state index is 5.56. The third-order valence-corrected chi connectivity index (χ3v) is 2.26. The molecule has 0 aromatic heterocycles. The van der Waals surface area contributed by atoms with Crippen LogP contribution in [0, 0.1) is 0 Å². The molecule has 0 unspecified atom stereocenters. The summed E-state index contributed by atoms with van der Waals surface area (Å²) < 4.78 is 0. The van der Waals surface area contributed by atoms with E-state index < -0.39 is 0 Å². The molecule has 0 bridgehead atoms. The highest BCUT2D eigenvalue weighted by Crippen LogP contribution is 2.20. The van der Waals surface area contributed by atoms with Gasteiger partial charge >= 0.3 is 0 Å². The third kappa shape index (κ3) is 2.26. The molecule has 0 radical (unpaired) electrons. The lowest BCUT2D eigenvalue weighted by molar-refractivity contribution is -0.0553. The van der Waals surface area contributed by atoms with Crippen LogP contribution in [-0.4, -0.2) is 11.7 Å². The number of nitrogens with zero attached hydrogens (tertiary/aromatic N) is 1. The van der Waals surface area contributed by atoms with Crippen LogP contribution < -0.4 is 10.7 Å². The molecule has 0 amide bonds. The van der Waals surface area contributed by atoms with Crippen molar-refractivity contribution >= 4 is 10.8 Å². The number of hydrogen-bond donors (Lipinski definition) is 1. The minimum Gasteiger partial charge on any atom is -0.391 e. The Morgan fingerprint density at radius 1 is 1.13 bits per heavy atom. The molecular formula is C12H14N2O. The Morgan fingerprint density at radius 2 is 1.87 bits per heavy atom. The molecule has 0 aliphatic heterocycles. The Kier molecular flexibility index (Phi) is 2.85. The molecule has 3 heteroatoms. The summed E-state index contributed by atoms with van der Waals surface area (Å²) >= 11 is 0. The van der Waals surface area contributed by atoms with E-state index in [0.717, 1.165) is 11.1 Å². The van der Waals surface area contributed by atoms with Gasteiger partial charge in [-0.2, -0.15) is 0 Å². The van der Waals surface area contributed by atoms with Crippen LogP contribution in [0.5, 0.6) is 5.75 Å². The third-order valence-electron chi connectivity index (χ3n) is 2.26. The summed E-state index contributed by atoms with van der Waals surface area (Å²) in [4.78, 5) is 5.38. The van der Waals surface area contributed by atoms with E-state index in [0.29, 0.717) is 6.54 Å². The van der Waals surface area contributed by atoms with Gasteiger partial charge in [-0.1, -0.05) is 35.5 Å². The quantitative estimate of drug-likeness (QED) is 0.613. The molecule has 0 aliphatic rings. The van der Waals surface area contributed by atoms with Gasteiger partial charge in [-0.3, -0.25) is 0 Å². The molecule has 2 rings (SSSR count). The first-order valence-corrected chi connectivity index (χ1v) is 4.98. The Balaban J connectivity index is 2.30. The normalized spacial score (nSPS) is 10.9. The smallest absolute Gasteiger partial charge is 0.149 e. The average Bonchev–Trinajstić information content (AvgIpc) is 2.29. The van der Waals surface area contributed by atoms with E-state index in [-0.39, 0.29) is 0 Å². The molecule has 2 N–H and O–H groups in total. The lowest BCUT2D eigenvalue weighted by Crippen LogP contribution is -2.33. The Bertz CT molecular complexity index is 456. The summed E-state index contributed by atoms with van der Waals surface area (Å²) in [6.45, 7) is 2.58. The number of benzene rings is 2. The largest absolute Gasteiger partial charge is 0.391 e. The van der Waals surface area contributed by atoms with Gasteiger partial charge in [0.25, 0.3) is 0 Å². The molecule has 0 saturated carbocycles. The van der Waals surface area contributed by atoms with Crippen LogP contribution in [0.2, 0.25) is 0 Å². The molecule has 78 valence electrons.